The monoisotopic (exact) mass is 396 g/mol. The fraction of sp³-hybridized carbons (Fsp3) is 0.524. The Kier molecular flexibility index (Phi) is 6.19. The summed E-state index contributed by atoms with van der Waals surface area (Å²) in [6.45, 7) is 4.18. The minimum absolute atomic E-state index is 0.0612. The fourth-order valence-electron chi connectivity index (χ4n) is 4.03. The lowest BCUT2D eigenvalue weighted by Crippen LogP contribution is -2.41. The molecule has 0 radical (unpaired) electrons. The van der Waals surface area contributed by atoms with Crippen molar-refractivity contribution in [3.63, 3.8) is 0 Å². The first-order valence-electron chi connectivity index (χ1n) is 10.4. The molecule has 29 heavy (non-hydrogen) atoms. The van der Waals surface area contributed by atoms with Gasteiger partial charge < -0.3 is 20.1 Å². The van der Waals surface area contributed by atoms with Crippen LogP contribution < -0.4 is 10.6 Å². The fourth-order valence-corrected chi connectivity index (χ4v) is 4.03. The molecule has 2 aliphatic heterocycles. The van der Waals surface area contributed by atoms with Crippen LogP contribution in [0.1, 0.15) is 36.5 Å². The molecule has 8 nitrogen and oxygen atoms in total. The van der Waals surface area contributed by atoms with E-state index in [-0.39, 0.29) is 11.8 Å². The molecule has 2 amide bonds. The lowest BCUT2D eigenvalue weighted by atomic mass is 10.1. The van der Waals surface area contributed by atoms with Gasteiger partial charge in [0.15, 0.2) is 5.82 Å². The van der Waals surface area contributed by atoms with E-state index in [1.54, 1.807) is 0 Å². The van der Waals surface area contributed by atoms with E-state index in [1.165, 1.54) is 5.56 Å². The van der Waals surface area contributed by atoms with Crippen LogP contribution in [-0.2, 0) is 35.5 Å². The first-order valence-corrected chi connectivity index (χ1v) is 10.4. The molecule has 0 spiro atoms. The SMILES string of the molecule is O=C1CC[C@H](C(=O)NCc2nnc3n2CCN(CCCc2ccccc2)CC3)N1. The highest BCUT2D eigenvalue weighted by atomic mass is 16.2. The van der Waals surface area contributed by atoms with Crippen LogP contribution in [0, 0.1) is 0 Å². The minimum atomic E-state index is -0.422. The molecule has 8 heteroatoms. The lowest BCUT2D eigenvalue weighted by molar-refractivity contribution is -0.125. The summed E-state index contributed by atoms with van der Waals surface area (Å²) in [4.78, 5) is 26.0. The number of carbonyl (C=O) groups is 2. The number of aromatic nitrogens is 3. The molecular formula is C21H28N6O2. The van der Waals surface area contributed by atoms with Crippen molar-refractivity contribution in [1.82, 2.24) is 30.3 Å². The second-order valence-electron chi connectivity index (χ2n) is 7.74. The lowest BCUT2D eigenvalue weighted by Gasteiger charge is -2.19. The Bertz CT molecular complexity index is 850. The van der Waals surface area contributed by atoms with Gasteiger partial charge in [-0.15, -0.1) is 10.2 Å². The quantitative estimate of drug-likeness (QED) is 0.718. The van der Waals surface area contributed by atoms with E-state index in [0.717, 1.165) is 57.1 Å². The van der Waals surface area contributed by atoms with Crippen LogP contribution in [0.25, 0.3) is 0 Å². The summed E-state index contributed by atoms with van der Waals surface area (Å²) in [5.41, 5.74) is 1.39. The molecular weight excluding hydrogens is 368 g/mol. The van der Waals surface area contributed by atoms with Crippen LogP contribution in [0.4, 0.5) is 0 Å². The van der Waals surface area contributed by atoms with Crippen molar-refractivity contribution in [1.29, 1.82) is 0 Å². The molecule has 0 bridgehead atoms. The summed E-state index contributed by atoms with van der Waals surface area (Å²) in [5, 5.41) is 14.2. The molecule has 0 aliphatic carbocycles. The third-order valence-electron chi connectivity index (χ3n) is 5.71. The van der Waals surface area contributed by atoms with E-state index < -0.39 is 6.04 Å². The molecule has 4 rings (SSSR count). The molecule has 2 aromatic rings. The Morgan fingerprint density at radius 1 is 1.14 bits per heavy atom. The van der Waals surface area contributed by atoms with Gasteiger partial charge in [-0.25, -0.2) is 0 Å². The van der Waals surface area contributed by atoms with Crippen LogP contribution in [0.3, 0.4) is 0 Å². The number of aryl methyl sites for hydroxylation is 1. The third kappa shape index (κ3) is 5.00. The normalized spacial score (nSPS) is 19.4. The van der Waals surface area contributed by atoms with Gasteiger partial charge in [0.05, 0.1) is 6.54 Å². The standard InChI is InChI=1S/C21H28N6O2/c28-20-9-8-17(23-20)21(29)22-15-19-25-24-18-10-12-26(13-14-27(18)19)11-4-7-16-5-2-1-3-6-16/h1-3,5-6,17H,4,7-15H2,(H,22,29)(H,23,28)/t17-/m1/s1. The van der Waals surface area contributed by atoms with Gasteiger partial charge in [0.2, 0.25) is 11.8 Å². The summed E-state index contributed by atoms with van der Waals surface area (Å²) in [5.74, 6) is 1.55. The maximum Gasteiger partial charge on any atom is 0.242 e. The van der Waals surface area contributed by atoms with Gasteiger partial charge in [-0.2, -0.15) is 0 Å². The zero-order chi connectivity index (χ0) is 20.1. The highest BCUT2D eigenvalue weighted by molar-refractivity contribution is 5.90. The number of amides is 2. The molecule has 1 aromatic carbocycles. The molecule has 2 aliphatic rings. The smallest absolute Gasteiger partial charge is 0.242 e. The summed E-state index contributed by atoms with van der Waals surface area (Å²) >= 11 is 0. The average Bonchev–Trinajstić information content (AvgIpc) is 3.29. The zero-order valence-electron chi connectivity index (χ0n) is 16.6. The number of hydrogen-bond donors (Lipinski definition) is 2. The minimum Gasteiger partial charge on any atom is -0.347 e. The third-order valence-corrected chi connectivity index (χ3v) is 5.71. The molecule has 0 unspecified atom stereocenters. The second kappa shape index (κ2) is 9.17. The Labute approximate surface area is 170 Å². The van der Waals surface area contributed by atoms with Crippen molar-refractivity contribution >= 4 is 11.8 Å². The Morgan fingerprint density at radius 2 is 2.00 bits per heavy atom. The van der Waals surface area contributed by atoms with E-state index in [1.807, 2.05) is 0 Å². The zero-order valence-corrected chi connectivity index (χ0v) is 16.6. The highest BCUT2D eigenvalue weighted by Gasteiger charge is 2.27. The van der Waals surface area contributed by atoms with E-state index in [2.05, 4.69) is 60.6 Å². The summed E-state index contributed by atoms with van der Waals surface area (Å²) in [6, 6.07) is 10.2. The molecule has 154 valence electrons. The number of carbonyl (C=O) groups excluding carboxylic acids is 2. The first-order chi connectivity index (χ1) is 14.2. The number of benzene rings is 1. The summed E-state index contributed by atoms with van der Waals surface area (Å²) < 4.78 is 2.13. The van der Waals surface area contributed by atoms with Crippen LogP contribution >= 0.6 is 0 Å². The van der Waals surface area contributed by atoms with E-state index in [4.69, 9.17) is 0 Å². The number of rotatable bonds is 7. The van der Waals surface area contributed by atoms with Crippen molar-refractivity contribution in [3.05, 3.63) is 47.5 Å². The predicted octanol–water partition coefficient (Wildman–Crippen LogP) is 0.664. The van der Waals surface area contributed by atoms with Crippen molar-refractivity contribution in [2.45, 2.75) is 51.2 Å². The van der Waals surface area contributed by atoms with Crippen molar-refractivity contribution < 1.29 is 9.59 Å². The van der Waals surface area contributed by atoms with Crippen molar-refractivity contribution in [2.24, 2.45) is 0 Å². The molecule has 1 saturated heterocycles. The summed E-state index contributed by atoms with van der Waals surface area (Å²) in [7, 11) is 0. The van der Waals surface area contributed by atoms with Crippen LogP contribution in [-0.4, -0.2) is 57.2 Å². The first kappa shape index (κ1) is 19.6. The van der Waals surface area contributed by atoms with Gasteiger partial charge in [0, 0.05) is 32.5 Å². The second-order valence-corrected chi connectivity index (χ2v) is 7.74. The average molecular weight is 396 g/mol. The molecule has 1 aromatic heterocycles. The molecule has 3 heterocycles. The van der Waals surface area contributed by atoms with E-state index in [9.17, 15) is 9.59 Å². The highest BCUT2D eigenvalue weighted by Crippen LogP contribution is 2.12. The van der Waals surface area contributed by atoms with Gasteiger partial charge in [0.1, 0.15) is 11.9 Å². The topological polar surface area (TPSA) is 92.1 Å². The Hall–Kier alpha value is -2.74. The maximum absolute atomic E-state index is 12.2. The maximum atomic E-state index is 12.2. The van der Waals surface area contributed by atoms with Gasteiger partial charge in [-0.1, -0.05) is 30.3 Å². The van der Waals surface area contributed by atoms with Gasteiger partial charge in [-0.05, 0) is 31.4 Å². The Morgan fingerprint density at radius 3 is 2.79 bits per heavy atom. The van der Waals surface area contributed by atoms with Gasteiger partial charge >= 0.3 is 0 Å². The Balaban J connectivity index is 1.25. The van der Waals surface area contributed by atoms with Crippen LogP contribution in [0.5, 0.6) is 0 Å². The molecule has 1 fully saturated rings. The van der Waals surface area contributed by atoms with Gasteiger partial charge in [0.25, 0.3) is 0 Å². The van der Waals surface area contributed by atoms with Crippen molar-refractivity contribution in [2.75, 3.05) is 19.6 Å². The number of fused-ring (bicyclic) bond motifs is 1. The van der Waals surface area contributed by atoms with Crippen LogP contribution in [0.2, 0.25) is 0 Å². The number of nitrogens with zero attached hydrogens (tertiary/aromatic N) is 4. The summed E-state index contributed by atoms with van der Waals surface area (Å²) in [6.07, 6.45) is 4.07. The number of nitrogens with one attached hydrogen (secondary N) is 2. The number of hydrogen-bond acceptors (Lipinski definition) is 5. The largest absolute Gasteiger partial charge is 0.347 e. The van der Waals surface area contributed by atoms with Crippen LogP contribution in [0.15, 0.2) is 30.3 Å². The van der Waals surface area contributed by atoms with E-state index >= 15 is 0 Å². The van der Waals surface area contributed by atoms with Gasteiger partial charge in [-0.3, -0.25) is 9.59 Å². The molecule has 0 saturated carbocycles. The molecule has 1 atom stereocenters. The van der Waals surface area contributed by atoms with Crippen molar-refractivity contribution in [3.8, 4) is 0 Å². The van der Waals surface area contributed by atoms with E-state index in [0.29, 0.717) is 19.4 Å². The predicted molar refractivity (Wildman–Crippen MR) is 108 cm³/mol. The molecule has 2 N–H and O–H groups in total.